The van der Waals surface area contributed by atoms with Gasteiger partial charge >= 0.3 is 0 Å². The second-order valence-corrected chi connectivity index (χ2v) is 9.64. The molecular weight excluding hydrogens is 454 g/mol. The van der Waals surface area contributed by atoms with E-state index in [4.69, 9.17) is 4.74 Å². The van der Waals surface area contributed by atoms with Crippen molar-refractivity contribution in [2.45, 2.75) is 38.0 Å². The fraction of sp³-hybridized carbons (Fsp3) is 0.292. The van der Waals surface area contributed by atoms with E-state index >= 15 is 0 Å². The number of aromatic nitrogens is 2. The monoisotopic (exact) mass is 481 g/mol. The quantitative estimate of drug-likeness (QED) is 0.499. The average Bonchev–Trinajstić information content (AvgIpc) is 3.24. The molecule has 2 N–H and O–H groups in total. The van der Waals surface area contributed by atoms with E-state index < -0.39 is 10.0 Å². The third-order valence-corrected chi connectivity index (χ3v) is 7.02. The van der Waals surface area contributed by atoms with Crippen LogP contribution in [0.25, 0.3) is 0 Å². The predicted octanol–water partition coefficient (Wildman–Crippen LogP) is 4.03. The zero-order valence-corrected chi connectivity index (χ0v) is 20.1. The van der Waals surface area contributed by atoms with Gasteiger partial charge in [0.05, 0.1) is 12.8 Å². The van der Waals surface area contributed by atoms with Crippen LogP contribution in [0.15, 0.2) is 53.7 Å². The van der Waals surface area contributed by atoms with Gasteiger partial charge in [0.1, 0.15) is 22.8 Å². The Morgan fingerprint density at radius 3 is 2.62 bits per heavy atom. The van der Waals surface area contributed by atoms with Crippen LogP contribution in [-0.2, 0) is 21.2 Å². The summed E-state index contributed by atoms with van der Waals surface area (Å²) >= 11 is 0. The zero-order valence-electron chi connectivity index (χ0n) is 19.3. The summed E-state index contributed by atoms with van der Waals surface area (Å²) < 4.78 is 35.0. The van der Waals surface area contributed by atoms with Gasteiger partial charge in [0.2, 0.25) is 5.91 Å². The van der Waals surface area contributed by atoms with Crippen LogP contribution in [-0.4, -0.2) is 37.9 Å². The van der Waals surface area contributed by atoms with E-state index in [2.05, 4.69) is 20.0 Å². The highest BCUT2D eigenvalue weighted by atomic mass is 32.2. The maximum Gasteiger partial charge on any atom is 0.265 e. The van der Waals surface area contributed by atoms with E-state index in [9.17, 15) is 13.2 Å². The highest BCUT2D eigenvalue weighted by Crippen LogP contribution is 2.33. The first-order valence-corrected chi connectivity index (χ1v) is 12.5. The zero-order chi connectivity index (χ0) is 24.3. The van der Waals surface area contributed by atoms with Crippen LogP contribution in [0.1, 0.15) is 31.0 Å². The number of methoxy groups -OCH3 is 1. The van der Waals surface area contributed by atoms with Crippen molar-refractivity contribution in [2.75, 3.05) is 28.6 Å². The van der Waals surface area contributed by atoms with Crippen LogP contribution >= 0.6 is 0 Å². The molecule has 2 heterocycles. The molecule has 1 amide bonds. The van der Waals surface area contributed by atoms with Gasteiger partial charge in [-0.15, -0.1) is 0 Å². The van der Waals surface area contributed by atoms with Crippen LogP contribution in [0.4, 0.5) is 22.9 Å². The maximum atomic E-state index is 13.5. The summed E-state index contributed by atoms with van der Waals surface area (Å²) in [6.45, 7) is 4.38. The van der Waals surface area contributed by atoms with Gasteiger partial charge in [-0.2, -0.15) is 0 Å². The van der Waals surface area contributed by atoms with E-state index in [1.807, 2.05) is 26.0 Å². The molecule has 0 radical (unpaired) electrons. The lowest BCUT2D eigenvalue weighted by atomic mass is 10.1. The second kappa shape index (κ2) is 9.68. The van der Waals surface area contributed by atoms with Gasteiger partial charge in [0, 0.05) is 36.1 Å². The third kappa shape index (κ3) is 4.96. The Kier molecular flexibility index (Phi) is 6.69. The second-order valence-electron chi connectivity index (χ2n) is 7.98. The molecule has 0 spiro atoms. The lowest BCUT2D eigenvalue weighted by Gasteiger charge is -2.19. The first-order chi connectivity index (χ1) is 16.3. The molecule has 9 nitrogen and oxygen atoms in total. The van der Waals surface area contributed by atoms with E-state index in [1.54, 1.807) is 29.2 Å². The summed E-state index contributed by atoms with van der Waals surface area (Å²) in [5, 5.41) is 3.18. The molecule has 2 aromatic carbocycles. The molecule has 1 aliphatic rings. The van der Waals surface area contributed by atoms with Crippen molar-refractivity contribution in [3.63, 3.8) is 0 Å². The van der Waals surface area contributed by atoms with Crippen LogP contribution in [0, 0.1) is 6.92 Å². The number of ether oxygens (including phenoxy) is 1. The summed E-state index contributed by atoms with van der Waals surface area (Å²) in [5.41, 5.74) is 3.30. The van der Waals surface area contributed by atoms with Gasteiger partial charge in [0.25, 0.3) is 10.0 Å². The van der Waals surface area contributed by atoms with Crippen molar-refractivity contribution in [3.8, 4) is 5.75 Å². The number of rotatable bonds is 8. The summed E-state index contributed by atoms with van der Waals surface area (Å²) in [5.74, 6) is 0.787. The van der Waals surface area contributed by atoms with E-state index in [1.165, 1.54) is 19.5 Å². The third-order valence-electron chi connectivity index (χ3n) is 5.63. The molecule has 0 aliphatic carbocycles. The molecular formula is C24H27N5O4S. The van der Waals surface area contributed by atoms with Crippen LogP contribution in [0.2, 0.25) is 0 Å². The molecule has 34 heavy (non-hydrogen) atoms. The number of nitrogens with one attached hydrogen (secondary N) is 2. The average molecular weight is 482 g/mol. The van der Waals surface area contributed by atoms with Crippen molar-refractivity contribution in [2.24, 2.45) is 0 Å². The Labute approximate surface area is 199 Å². The summed E-state index contributed by atoms with van der Waals surface area (Å²) in [6.07, 6.45) is 3.30. The molecule has 1 aromatic heterocycles. The SMILES string of the molecule is CCc1ccc(Nc2cc(C)ncn2)cc1NS(=O)(=O)c1cc(N2CCCC2=O)ccc1OC. The van der Waals surface area contributed by atoms with Crippen molar-refractivity contribution in [1.82, 2.24) is 9.97 Å². The minimum Gasteiger partial charge on any atom is -0.495 e. The topological polar surface area (TPSA) is 114 Å². The largest absolute Gasteiger partial charge is 0.495 e. The van der Waals surface area contributed by atoms with Crippen LogP contribution in [0.5, 0.6) is 5.75 Å². The number of amides is 1. The number of sulfonamides is 1. The van der Waals surface area contributed by atoms with Crippen LogP contribution in [0.3, 0.4) is 0 Å². The maximum absolute atomic E-state index is 13.5. The molecule has 1 fully saturated rings. The van der Waals surface area contributed by atoms with Gasteiger partial charge in [-0.3, -0.25) is 9.52 Å². The standard InChI is InChI=1S/C24H27N5O4S/c1-4-17-7-8-18(27-23-12-16(2)25-15-26-23)13-20(17)28-34(31,32)22-14-19(9-10-21(22)33-3)29-11-5-6-24(29)30/h7-10,12-15,28H,4-6,11H2,1-3H3,(H,25,26,27). The van der Waals surface area contributed by atoms with Crippen LogP contribution < -0.4 is 19.7 Å². The first-order valence-electron chi connectivity index (χ1n) is 11.0. The number of hydrogen-bond acceptors (Lipinski definition) is 7. The number of nitrogens with zero attached hydrogens (tertiary/aromatic N) is 3. The van der Waals surface area contributed by atoms with Gasteiger partial charge in [-0.1, -0.05) is 13.0 Å². The van der Waals surface area contributed by atoms with E-state index in [-0.39, 0.29) is 16.6 Å². The summed E-state index contributed by atoms with van der Waals surface area (Å²) in [4.78, 5) is 22.0. The smallest absolute Gasteiger partial charge is 0.265 e. The Balaban J connectivity index is 1.68. The number of carbonyl (C=O) groups excluding carboxylic acids is 1. The lowest BCUT2D eigenvalue weighted by molar-refractivity contribution is -0.117. The number of aryl methyl sites for hydroxylation is 2. The Hall–Kier alpha value is -3.66. The molecule has 4 rings (SSSR count). The Morgan fingerprint density at radius 2 is 1.94 bits per heavy atom. The minimum atomic E-state index is -4.02. The minimum absolute atomic E-state index is 0.0199. The fourth-order valence-electron chi connectivity index (χ4n) is 3.89. The molecule has 3 aromatic rings. The number of anilines is 4. The predicted molar refractivity (Wildman–Crippen MR) is 131 cm³/mol. The van der Waals surface area contributed by atoms with Crippen molar-refractivity contribution in [1.29, 1.82) is 0 Å². The van der Waals surface area contributed by atoms with Gasteiger partial charge in [-0.25, -0.2) is 18.4 Å². The molecule has 0 bridgehead atoms. The number of carbonyl (C=O) groups is 1. The molecule has 0 atom stereocenters. The van der Waals surface area contributed by atoms with Crippen molar-refractivity contribution < 1.29 is 17.9 Å². The van der Waals surface area contributed by atoms with E-state index in [0.717, 1.165) is 17.7 Å². The fourth-order valence-corrected chi connectivity index (χ4v) is 5.17. The highest BCUT2D eigenvalue weighted by molar-refractivity contribution is 7.92. The van der Waals surface area contributed by atoms with E-state index in [0.29, 0.717) is 42.3 Å². The highest BCUT2D eigenvalue weighted by Gasteiger charge is 2.26. The lowest BCUT2D eigenvalue weighted by Crippen LogP contribution is -2.24. The number of benzene rings is 2. The Bertz CT molecular complexity index is 1330. The molecule has 0 unspecified atom stereocenters. The van der Waals surface area contributed by atoms with Gasteiger partial charge in [0.15, 0.2) is 0 Å². The number of hydrogen-bond donors (Lipinski definition) is 2. The molecule has 10 heteroatoms. The molecule has 1 aliphatic heterocycles. The van der Waals surface area contributed by atoms with Crippen molar-refractivity contribution in [3.05, 3.63) is 60.0 Å². The molecule has 178 valence electrons. The summed E-state index contributed by atoms with van der Waals surface area (Å²) in [7, 11) is -2.60. The van der Waals surface area contributed by atoms with Gasteiger partial charge in [-0.05, 0) is 55.7 Å². The van der Waals surface area contributed by atoms with Gasteiger partial charge < -0.3 is 15.0 Å². The summed E-state index contributed by atoms with van der Waals surface area (Å²) in [6, 6.07) is 12.0. The molecule has 1 saturated heterocycles. The first kappa shape index (κ1) is 23.5. The Morgan fingerprint density at radius 1 is 1.12 bits per heavy atom. The van der Waals surface area contributed by atoms with Crippen molar-refractivity contribution >= 4 is 38.8 Å². The normalized spacial score (nSPS) is 13.7. The molecule has 0 saturated carbocycles.